The van der Waals surface area contributed by atoms with Crippen LogP contribution in [0.1, 0.15) is 28.6 Å². The number of alkyl halides is 2. The second-order valence-corrected chi connectivity index (χ2v) is 9.30. The first-order valence-electron chi connectivity index (χ1n) is 8.53. The zero-order chi connectivity index (χ0) is 21.4. The van der Waals surface area contributed by atoms with Crippen LogP contribution in [0.5, 0.6) is 5.75 Å². The number of likely N-dealkylation sites (tertiary alicyclic amines) is 1. The topological polar surface area (TPSA) is 92.8 Å². The van der Waals surface area contributed by atoms with E-state index in [1.165, 1.54) is 35.3 Å². The zero-order valence-electron chi connectivity index (χ0n) is 15.5. The minimum absolute atomic E-state index is 0.291. The van der Waals surface area contributed by atoms with Crippen LogP contribution in [0.2, 0.25) is 0 Å². The van der Waals surface area contributed by atoms with Crippen LogP contribution in [0.15, 0.2) is 40.6 Å². The molecule has 0 aliphatic carbocycles. The number of nitrogens with zero attached hydrogens (tertiary/aromatic N) is 1. The first-order chi connectivity index (χ1) is 13.5. The van der Waals surface area contributed by atoms with Crippen LogP contribution in [0.3, 0.4) is 0 Å². The second kappa shape index (κ2) is 7.71. The van der Waals surface area contributed by atoms with Gasteiger partial charge in [0, 0.05) is 12.6 Å². The summed E-state index contributed by atoms with van der Waals surface area (Å²) in [6.45, 7) is 0.465. The largest absolute Gasteiger partial charge is 0.435 e. The molecule has 1 N–H and O–H groups in total. The fourth-order valence-corrected chi connectivity index (χ4v) is 4.93. The molecule has 0 saturated carbocycles. The normalized spacial score (nSPS) is 19.0. The van der Waals surface area contributed by atoms with Gasteiger partial charge in [0.2, 0.25) is 0 Å². The quantitative estimate of drug-likeness (QED) is 0.740. The third-order valence-corrected chi connectivity index (χ3v) is 7.11. The Labute approximate surface area is 170 Å². The van der Waals surface area contributed by atoms with Gasteiger partial charge >= 0.3 is 6.61 Å². The van der Waals surface area contributed by atoms with Gasteiger partial charge in [-0.25, -0.2) is 13.1 Å². The minimum Gasteiger partial charge on any atom is -0.435 e. The molecule has 2 aromatic rings. The third kappa shape index (κ3) is 4.10. The van der Waals surface area contributed by atoms with Crippen molar-refractivity contribution >= 4 is 33.2 Å². The number of hydrogen-bond acceptors (Lipinski definition) is 6. The van der Waals surface area contributed by atoms with Crippen molar-refractivity contribution in [3.8, 4) is 5.75 Å². The monoisotopic (exact) mass is 444 g/mol. The Morgan fingerprint density at radius 3 is 2.59 bits per heavy atom. The lowest BCUT2D eigenvalue weighted by Gasteiger charge is -2.48. The van der Waals surface area contributed by atoms with E-state index in [0.717, 1.165) is 17.7 Å². The van der Waals surface area contributed by atoms with Crippen LogP contribution >= 0.6 is 11.3 Å². The number of hydrogen-bond donors (Lipinski definition) is 1. The van der Waals surface area contributed by atoms with Crippen molar-refractivity contribution in [1.29, 1.82) is 0 Å². The summed E-state index contributed by atoms with van der Waals surface area (Å²) in [6, 6.07) is 6.22. The SMILES string of the molecule is Cc1ccsc1C(=O)N1CCC1(C)C(=O)NS(=O)(=O)c1cccc(OC(F)F)c1. The summed E-state index contributed by atoms with van der Waals surface area (Å²) < 4.78 is 55.9. The molecule has 1 aliphatic heterocycles. The Morgan fingerprint density at radius 2 is 2.03 bits per heavy atom. The van der Waals surface area contributed by atoms with Gasteiger partial charge in [-0.1, -0.05) is 6.07 Å². The van der Waals surface area contributed by atoms with Gasteiger partial charge in [0.05, 0.1) is 9.77 Å². The van der Waals surface area contributed by atoms with Gasteiger partial charge in [-0.2, -0.15) is 8.78 Å². The highest BCUT2D eigenvalue weighted by Crippen LogP contribution is 2.34. The van der Waals surface area contributed by atoms with E-state index in [0.29, 0.717) is 17.8 Å². The van der Waals surface area contributed by atoms with Crippen molar-refractivity contribution in [2.45, 2.75) is 37.3 Å². The summed E-state index contributed by atoms with van der Waals surface area (Å²) >= 11 is 1.25. The third-order valence-electron chi connectivity index (χ3n) is 4.78. The Hall–Kier alpha value is -2.53. The maximum Gasteiger partial charge on any atom is 0.387 e. The minimum atomic E-state index is -4.35. The molecule has 2 amide bonds. The summed E-state index contributed by atoms with van der Waals surface area (Å²) in [5, 5.41) is 1.76. The molecule has 11 heteroatoms. The molecule has 1 saturated heterocycles. The molecule has 0 bridgehead atoms. The van der Waals surface area contributed by atoms with E-state index < -0.39 is 33.0 Å². The van der Waals surface area contributed by atoms with Crippen LogP contribution < -0.4 is 9.46 Å². The van der Waals surface area contributed by atoms with Crippen LogP contribution in [-0.4, -0.2) is 43.8 Å². The number of carbonyl (C=O) groups excluding carboxylic acids is 2. The number of benzene rings is 1. The number of thiophene rings is 1. The number of sulfonamides is 1. The van der Waals surface area contributed by atoms with Crippen LogP contribution in [0, 0.1) is 6.92 Å². The highest BCUT2D eigenvalue weighted by atomic mass is 32.2. The molecular formula is C18H18F2N2O5S2. The van der Waals surface area contributed by atoms with E-state index in [2.05, 4.69) is 4.74 Å². The molecule has 1 fully saturated rings. The van der Waals surface area contributed by atoms with Crippen molar-refractivity contribution in [1.82, 2.24) is 9.62 Å². The molecule has 0 radical (unpaired) electrons. The van der Waals surface area contributed by atoms with Crippen LogP contribution in [-0.2, 0) is 14.8 Å². The van der Waals surface area contributed by atoms with Gasteiger partial charge < -0.3 is 9.64 Å². The van der Waals surface area contributed by atoms with E-state index in [-0.39, 0.29) is 11.7 Å². The summed E-state index contributed by atoms with van der Waals surface area (Å²) in [6.07, 6.45) is 0.291. The highest BCUT2D eigenvalue weighted by molar-refractivity contribution is 7.90. The number of rotatable bonds is 6. The molecule has 1 aliphatic rings. The van der Waals surface area contributed by atoms with Crippen molar-refractivity contribution in [2.75, 3.05) is 6.54 Å². The van der Waals surface area contributed by atoms with Gasteiger partial charge in [-0.15, -0.1) is 11.3 Å². The maximum absolute atomic E-state index is 12.7. The zero-order valence-corrected chi connectivity index (χ0v) is 17.1. The fourth-order valence-electron chi connectivity index (χ4n) is 2.94. The summed E-state index contributed by atoms with van der Waals surface area (Å²) in [7, 11) is -4.35. The van der Waals surface area contributed by atoms with E-state index in [9.17, 15) is 26.8 Å². The molecule has 3 rings (SSSR count). The van der Waals surface area contributed by atoms with E-state index in [1.807, 2.05) is 4.72 Å². The lowest BCUT2D eigenvalue weighted by Crippen LogP contribution is -2.67. The van der Waals surface area contributed by atoms with Gasteiger partial charge in [0.25, 0.3) is 21.8 Å². The van der Waals surface area contributed by atoms with Crippen LogP contribution in [0.4, 0.5) is 8.78 Å². The molecule has 2 heterocycles. The number of amides is 2. The predicted molar refractivity (Wildman–Crippen MR) is 102 cm³/mol. The maximum atomic E-state index is 12.7. The smallest absolute Gasteiger partial charge is 0.387 e. The van der Waals surface area contributed by atoms with E-state index in [4.69, 9.17) is 0 Å². The summed E-state index contributed by atoms with van der Waals surface area (Å²) in [5.41, 5.74) is -0.560. The van der Waals surface area contributed by atoms with Crippen molar-refractivity contribution in [3.05, 3.63) is 46.2 Å². The molecule has 1 atom stereocenters. The first kappa shape index (κ1) is 21.2. The number of ether oxygens (including phenoxy) is 1. The Morgan fingerprint density at radius 1 is 1.31 bits per heavy atom. The van der Waals surface area contributed by atoms with Gasteiger partial charge in [-0.3, -0.25) is 9.59 Å². The lowest BCUT2D eigenvalue weighted by molar-refractivity contribution is -0.135. The standard InChI is InChI=1S/C18H18F2N2O5S2/c1-11-6-9-28-14(11)15(23)22-8-7-18(22,2)16(24)21-29(25,26)13-5-3-4-12(10-13)27-17(19)20/h3-6,9-10,17H,7-8H2,1-2H3,(H,21,24). The number of nitrogens with one attached hydrogen (secondary N) is 1. The molecule has 1 aromatic heterocycles. The molecule has 1 unspecified atom stereocenters. The summed E-state index contributed by atoms with van der Waals surface area (Å²) in [4.78, 5) is 26.9. The molecule has 0 spiro atoms. The molecule has 1 aromatic carbocycles. The van der Waals surface area contributed by atoms with Gasteiger partial charge in [0.15, 0.2) is 0 Å². The number of halogens is 2. The number of carbonyl (C=O) groups is 2. The first-order valence-corrected chi connectivity index (χ1v) is 10.9. The average Bonchev–Trinajstić information content (AvgIpc) is 3.05. The van der Waals surface area contributed by atoms with E-state index >= 15 is 0 Å². The van der Waals surface area contributed by atoms with Crippen molar-refractivity contribution in [2.24, 2.45) is 0 Å². The van der Waals surface area contributed by atoms with Gasteiger partial charge in [-0.05, 0) is 49.4 Å². The second-order valence-electron chi connectivity index (χ2n) is 6.70. The Kier molecular flexibility index (Phi) is 5.63. The highest BCUT2D eigenvalue weighted by Gasteiger charge is 2.51. The van der Waals surface area contributed by atoms with Crippen LogP contribution in [0.25, 0.3) is 0 Å². The molecule has 156 valence electrons. The Bertz CT molecular complexity index is 1050. The lowest BCUT2D eigenvalue weighted by atomic mass is 9.85. The Balaban J connectivity index is 1.78. The predicted octanol–water partition coefficient (Wildman–Crippen LogP) is 2.77. The van der Waals surface area contributed by atoms with E-state index in [1.54, 1.807) is 18.4 Å². The van der Waals surface area contributed by atoms with Crippen molar-refractivity contribution < 1.29 is 31.5 Å². The average molecular weight is 444 g/mol. The molecular weight excluding hydrogens is 426 g/mol. The molecule has 7 nitrogen and oxygen atoms in total. The molecule has 29 heavy (non-hydrogen) atoms. The summed E-state index contributed by atoms with van der Waals surface area (Å²) in [5.74, 6) is -1.56. The van der Waals surface area contributed by atoms with Crippen molar-refractivity contribution in [3.63, 3.8) is 0 Å². The number of aryl methyl sites for hydroxylation is 1. The van der Waals surface area contributed by atoms with Gasteiger partial charge in [0.1, 0.15) is 11.3 Å². The fraction of sp³-hybridized carbons (Fsp3) is 0.333.